The Balaban J connectivity index is 2.72. The number of carbonyl (C=O) groups is 1. The molecule has 3 nitrogen and oxygen atoms in total. The summed E-state index contributed by atoms with van der Waals surface area (Å²) in [6.45, 7) is 1.93. The van der Waals surface area contributed by atoms with Crippen molar-refractivity contribution in [2.45, 2.75) is 19.4 Å². The van der Waals surface area contributed by atoms with Crippen LogP contribution in [0.25, 0.3) is 0 Å². The summed E-state index contributed by atoms with van der Waals surface area (Å²) in [5.41, 5.74) is 0.596. The first-order valence-corrected chi connectivity index (χ1v) is 6.61. The number of carbonyl (C=O) groups excluding carboxylic acids is 1. The first-order valence-electron chi connectivity index (χ1n) is 5.29. The number of methoxy groups -OCH3 is 1. The van der Waals surface area contributed by atoms with Gasteiger partial charge in [0.1, 0.15) is 5.75 Å². The summed E-state index contributed by atoms with van der Waals surface area (Å²) < 4.78 is 5.87. The molecule has 0 saturated carbocycles. The predicted octanol–water partition coefficient (Wildman–Crippen LogP) is 3.20. The number of amides is 1. The summed E-state index contributed by atoms with van der Waals surface area (Å²) in [6, 6.07) is 5.29. The van der Waals surface area contributed by atoms with Crippen molar-refractivity contribution in [3.63, 3.8) is 0 Å². The minimum atomic E-state index is -0.106. The predicted molar refractivity (Wildman–Crippen MR) is 73.0 cm³/mol. The average molecular weight is 321 g/mol. The Morgan fingerprint density at radius 2 is 2.29 bits per heavy atom. The van der Waals surface area contributed by atoms with E-state index in [0.29, 0.717) is 17.2 Å². The molecular weight excluding hydrogens is 305 g/mol. The fourth-order valence-corrected chi connectivity index (χ4v) is 2.22. The Kier molecular flexibility index (Phi) is 5.78. The monoisotopic (exact) mass is 319 g/mol. The minimum Gasteiger partial charge on any atom is -0.496 e. The summed E-state index contributed by atoms with van der Waals surface area (Å²) in [6.07, 6.45) is 0.755. The molecule has 5 heteroatoms. The number of halogens is 2. The van der Waals surface area contributed by atoms with Gasteiger partial charge in [-0.3, -0.25) is 4.79 Å². The first-order chi connectivity index (χ1) is 8.08. The van der Waals surface area contributed by atoms with E-state index in [1.807, 2.05) is 6.92 Å². The zero-order valence-corrected chi connectivity index (χ0v) is 12.1. The molecule has 0 saturated heterocycles. The Hall–Kier alpha value is -0.740. The molecule has 0 aliphatic rings. The third-order valence-electron chi connectivity index (χ3n) is 2.33. The lowest BCUT2D eigenvalue weighted by molar-refractivity contribution is 0.0939. The lowest BCUT2D eigenvalue weighted by Gasteiger charge is -2.13. The van der Waals surface area contributed by atoms with Crippen LogP contribution in [0.4, 0.5) is 0 Å². The van der Waals surface area contributed by atoms with Gasteiger partial charge in [-0.2, -0.15) is 0 Å². The second-order valence-electron chi connectivity index (χ2n) is 3.70. The van der Waals surface area contributed by atoms with E-state index in [0.717, 1.165) is 10.9 Å². The van der Waals surface area contributed by atoms with E-state index in [1.54, 1.807) is 25.3 Å². The van der Waals surface area contributed by atoms with Crippen molar-refractivity contribution in [1.82, 2.24) is 5.32 Å². The number of ether oxygens (including phenoxy) is 1. The third kappa shape index (κ3) is 4.21. The van der Waals surface area contributed by atoms with Gasteiger partial charge >= 0.3 is 0 Å². The van der Waals surface area contributed by atoms with Crippen molar-refractivity contribution in [2.75, 3.05) is 13.0 Å². The van der Waals surface area contributed by atoms with E-state index in [9.17, 15) is 4.79 Å². The van der Waals surface area contributed by atoms with Crippen molar-refractivity contribution in [1.29, 1.82) is 0 Å². The number of hydrogen-bond acceptors (Lipinski definition) is 2. The van der Waals surface area contributed by atoms with Crippen molar-refractivity contribution in [3.8, 4) is 5.75 Å². The summed E-state index contributed by atoms with van der Waals surface area (Å²) in [4.78, 5) is 11.9. The molecule has 0 radical (unpaired) electrons. The third-order valence-corrected chi connectivity index (χ3v) is 3.17. The van der Waals surface area contributed by atoms with E-state index in [4.69, 9.17) is 16.3 Å². The van der Waals surface area contributed by atoms with Crippen molar-refractivity contribution < 1.29 is 9.53 Å². The molecule has 0 aliphatic heterocycles. The van der Waals surface area contributed by atoms with E-state index in [1.165, 1.54) is 0 Å². The summed E-state index contributed by atoms with van der Waals surface area (Å²) in [5.74, 6) is 1.13. The number of alkyl halides is 1. The molecule has 1 N–H and O–H groups in total. The van der Waals surface area contributed by atoms with Crippen LogP contribution in [0, 0.1) is 0 Å². The second-order valence-corrected chi connectivity index (χ2v) is 4.93. The highest BCUT2D eigenvalue weighted by Crippen LogP contribution is 2.25. The molecule has 1 unspecified atom stereocenters. The number of nitrogens with one attached hydrogen (secondary N) is 1. The highest BCUT2D eigenvalue weighted by Gasteiger charge is 2.11. The smallest absolute Gasteiger partial charge is 0.251 e. The fraction of sp³-hybridized carbons (Fsp3) is 0.417. The fourth-order valence-electron chi connectivity index (χ4n) is 1.35. The van der Waals surface area contributed by atoms with Gasteiger partial charge in [0.15, 0.2) is 0 Å². The Morgan fingerprint density at radius 1 is 1.59 bits per heavy atom. The molecule has 0 aliphatic carbocycles. The molecule has 0 spiro atoms. The molecule has 1 rings (SSSR count). The van der Waals surface area contributed by atoms with Crippen LogP contribution in [0.1, 0.15) is 23.7 Å². The number of rotatable bonds is 5. The molecule has 0 aromatic heterocycles. The minimum absolute atomic E-state index is 0.0703. The molecule has 1 aromatic rings. The van der Waals surface area contributed by atoms with Gasteiger partial charge in [-0.15, -0.1) is 11.6 Å². The van der Waals surface area contributed by atoms with E-state index >= 15 is 0 Å². The lowest BCUT2D eigenvalue weighted by atomic mass is 10.2. The van der Waals surface area contributed by atoms with Crippen LogP contribution in [0.15, 0.2) is 22.7 Å². The highest BCUT2D eigenvalue weighted by atomic mass is 79.9. The van der Waals surface area contributed by atoms with E-state index in [2.05, 4.69) is 21.2 Å². The van der Waals surface area contributed by atoms with Gasteiger partial charge in [-0.05, 0) is 47.5 Å². The van der Waals surface area contributed by atoms with Crippen molar-refractivity contribution in [2.24, 2.45) is 0 Å². The van der Waals surface area contributed by atoms with Gasteiger partial charge in [0.25, 0.3) is 5.91 Å². The molecule has 17 heavy (non-hydrogen) atoms. The summed E-state index contributed by atoms with van der Waals surface area (Å²) >= 11 is 8.96. The molecular formula is C12H15BrClNO2. The number of hydrogen-bond donors (Lipinski definition) is 1. The SMILES string of the molecule is COc1ccc(C(=O)NC(C)CCCl)cc1Br. The zero-order valence-electron chi connectivity index (χ0n) is 9.80. The quantitative estimate of drug-likeness (QED) is 0.846. The largest absolute Gasteiger partial charge is 0.496 e. The second kappa shape index (κ2) is 6.87. The van der Waals surface area contributed by atoms with Crippen LogP contribution in [0.3, 0.4) is 0 Å². The van der Waals surface area contributed by atoms with E-state index < -0.39 is 0 Å². The molecule has 94 valence electrons. The first kappa shape index (κ1) is 14.3. The van der Waals surface area contributed by atoms with Gasteiger partial charge < -0.3 is 10.1 Å². The van der Waals surface area contributed by atoms with Crippen LogP contribution >= 0.6 is 27.5 Å². The topological polar surface area (TPSA) is 38.3 Å². The normalized spacial score (nSPS) is 12.0. The zero-order chi connectivity index (χ0) is 12.8. The van der Waals surface area contributed by atoms with Crippen LogP contribution in [0.5, 0.6) is 5.75 Å². The maximum atomic E-state index is 11.9. The van der Waals surface area contributed by atoms with Crippen molar-refractivity contribution in [3.05, 3.63) is 28.2 Å². The number of benzene rings is 1. The standard InChI is InChI=1S/C12H15BrClNO2/c1-8(5-6-14)15-12(16)9-3-4-11(17-2)10(13)7-9/h3-4,7-8H,5-6H2,1-2H3,(H,15,16). The summed E-state index contributed by atoms with van der Waals surface area (Å²) in [7, 11) is 1.59. The van der Waals surface area contributed by atoms with Gasteiger partial charge in [0.05, 0.1) is 11.6 Å². The van der Waals surface area contributed by atoms with Crippen LogP contribution < -0.4 is 10.1 Å². The maximum absolute atomic E-state index is 11.9. The molecule has 1 aromatic carbocycles. The summed E-state index contributed by atoms with van der Waals surface area (Å²) in [5, 5.41) is 2.88. The van der Waals surface area contributed by atoms with Gasteiger partial charge in [-0.1, -0.05) is 0 Å². The molecule has 0 fully saturated rings. The van der Waals surface area contributed by atoms with Crippen molar-refractivity contribution >= 4 is 33.4 Å². The van der Waals surface area contributed by atoms with Crippen LogP contribution in [0.2, 0.25) is 0 Å². The van der Waals surface area contributed by atoms with E-state index in [-0.39, 0.29) is 11.9 Å². The van der Waals surface area contributed by atoms with Crippen LogP contribution in [-0.2, 0) is 0 Å². The van der Waals surface area contributed by atoms with Crippen LogP contribution in [-0.4, -0.2) is 24.9 Å². The van der Waals surface area contributed by atoms with Gasteiger partial charge in [-0.25, -0.2) is 0 Å². The lowest BCUT2D eigenvalue weighted by Crippen LogP contribution is -2.32. The molecule has 1 amide bonds. The highest BCUT2D eigenvalue weighted by molar-refractivity contribution is 9.10. The van der Waals surface area contributed by atoms with Gasteiger partial charge in [0, 0.05) is 17.5 Å². The maximum Gasteiger partial charge on any atom is 0.251 e. The average Bonchev–Trinajstić information content (AvgIpc) is 2.29. The Labute approximate surface area is 115 Å². The molecule has 1 atom stereocenters. The molecule has 0 heterocycles. The van der Waals surface area contributed by atoms with Gasteiger partial charge in [0.2, 0.25) is 0 Å². The Bertz CT molecular complexity index is 398. The molecule has 0 bridgehead atoms. The Morgan fingerprint density at radius 3 is 2.82 bits per heavy atom.